The Hall–Kier alpha value is -1.65. The second-order valence-corrected chi connectivity index (χ2v) is 5.91. The highest BCUT2D eigenvalue weighted by Crippen LogP contribution is 2.23. The molecule has 1 N–H and O–H groups in total. The van der Waals surface area contributed by atoms with Crippen LogP contribution in [0.5, 0.6) is 0 Å². The molecule has 110 valence electrons. The summed E-state index contributed by atoms with van der Waals surface area (Å²) in [6, 6.07) is 0. The molecule has 2 heterocycles. The van der Waals surface area contributed by atoms with Gasteiger partial charge in [0.25, 0.3) is 0 Å². The predicted molar refractivity (Wildman–Crippen MR) is 81.0 cm³/mol. The number of nitrogens with one attached hydrogen (secondary N) is 1. The van der Waals surface area contributed by atoms with Crippen LogP contribution in [0.1, 0.15) is 44.5 Å². The molecule has 0 saturated carbocycles. The van der Waals surface area contributed by atoms with Gasteiger partial charge in [0.1, 0.15) is 0 Å². The van der Waals surface area contributed by atoms with Crippen molar-refractivity contribution in [2.75, 3.05) is 23.3 Å². The maximum Gasteiger partial charge on any atom is 0.225 e. The minimum absolute atomic E-state index is 0.0312. The first-order valence-electron chi connectivity index (χ1n) is 7.37. The number of carbonyl (C=O) groups excluding carboxylic acids is 1. The van der Waals surface area contributed by atoms with Crippen molar-refractivity contribution < 1.29 is 4.79 Å². The van der Waals surface area contributed by atoms with E-state index in [0.717, 1.165) is 36.1 Å². The predicted octanol–water partition coefficient (Wildman–Crippen LogP) is 2.68. The van der Waals surface area contributed by atoms with Crippen LogP contribution >= 0.6 is 0 Å². The SMILES string of the molecule is Cc1nc(N2CCCC2)nc(C)c1NC(=O)CC(C)C. The van der Waals surface area contributed by atoms with Gasteiger partial charge in [0, 0.05) is 19.5 Å². The van der Waals surface area contributed by atoms with Gasteiger partial charge in [0.05, 0.1) is 17.1 Å². The zero-order valence-electron chi connectivity index (χ0n) is 12.9. The molecule has 1 aromatic rings. The quantitative estimate of drug-likeness (QED) is 0.918. The Labute approximate surface area is 120 Å². The number of hydrogen-bond acceptors (Lipinski definition) is 4. The number of rotatable bonds is 4. The molecule has 0 aliphatic carbocycles. The van der Waals surface area contributed by atoms with Crippen molar-refractivity contribution in [1.82, 2.24) is 9.97 Å². The van der Waals surface area contributed by atoms with E-state index in [9.17, 15) is 4.79 Å². The standard InChI is InChI=1S/C15H24N4O/c1-10(2)9-13(20)18-14-11(3)16-15(17-12(14)4)19-7-5-6-8-19/h10H,5-9H2,1-4H3,(H,18,20). The van der Waals surface area contributed by atoms with Crippen LogP contribution in [0.3, 0.4) is 0 Å². The average molecular weight is 276 g/mol. The summed E-state index contributed by atoms with van der Waals surface area (Å²) in [6.07, 6.45) is 2.93. The van der Waals surface area contributed by atoms with Crippen molar-refractivity contribution in [2.24, 2.45) is 5.92 Å². The average Bonchev–Trinajstić information content (AvgIpc) is 2.86. The summed E-state index contributed by atoms with van der Waals surface area (Å²) < 4.78 is 0. The van der Waals surface area contributed by atoms with Gasteiger partial charge < -0.3 is 10.2 Å². The van der Waals surface area contributed by atoms with Gasteiger partial charge in [-0.25, -0.2) is 9.97 Å². The Balaban J connectivity index is 2.16. The number of nitrogens with zero attached hydrogens (tertiary/aromatic N) is 3. The summed E-state index contributed by atoms with van der Waals surface area (Å²) in [4.78, 5) is 23.2. The van der Waals surface area contributed by atoms with Crippen molar-refractivity contribution >= 4 is 17.5 Å². The highest BCUT2D eigenvalue weighted by atomic mass is 16.1. The molecule has 1 saturated heterocycles. The van der Waals surface area contributed by atoms with Crippen LogP contribution < -0.4 is 10.2 Å². The molecule has 20 heavy (non-hydrogen) atoms. The van der Waals surface area contributed by atoms with Crippen molar-refractivity contribution in [3.8, 4) is 0 Å². The summed E-state index contributed by atoms with van der Waals surface area (Å²) in [6.45, 7) is 9.98. The molecular weight excluding hydrogens is 252 g/mol. The summed E-state index contributed by atoms with van der Waals surface area (Å²) in [5.74, 6) is 1.17. The molecule has 0 bridgehead atoms. The monoisotopic (exact) mass is 276 g/mol. The fourth-order valence-electron chi connectivity index (χ4n) is 2.50. The van der Waals surface area contributed by atoms with E-state index in [4.69, 9.17) is 0 Å². The van der Waals surface area contributed by atoms with Crippen LogP contribution in [0, 0.1) is 19.8 Å². The number of aryl methyl sites for hydroxylation is 2. The molecule has 1 amide bonds. The number of amides is 1. The third-order valence-electron chi connectivity index (χ3n) is 3.51. The maximum absolute atomic E-state index is 11.9. The van der Waals surface area contributed by atoms with E-state index in [-0.39, 0.29) is 5.91 Å². The third kappa shape index (κ3) is 3.46. The fourth-order valence-corrected chi connectivity index (χ4v) is 2.50. The summed E-state index contributed by atoms with van der Waals surface area (Å²) in [5, 5.41) is 2.95. The number of anilines is 2. The first kappa shape index (κ1) is 14.8. The van der Waals surface area contributed by atoms with E-state index in [1.54, 1.807) is 0 Å². The molecule has 2 rings (SSSR count). The fraction of sp³-hybridized carbons (Fsp3) is 0.667. The Morgan fingerprint density at radius 3 is 2.25 bits per heavy atom. The first-order chi connectivity index (χ1) is 9.47. The lowest BCUT2D eigenvalue weighted by atomic mass is 10.1. The van der Waals surface area contributed by atoms with Crippen LogP contribution in [0.2, 0.25) is 0 Å². The molecule has 1 aromatic heterocycles. The minimum atomic E-state index is 0.0312. The van der Waals surface area contributed by atoms with Gasteiger partial charge in [-0.05, 0) is 32.6 Å². The summed E-state index contributed by atoms with van der Waals surface area (Å²) in [7, 11) is 0. The molecule has 0 radical (unpaired) electrons. The second-order valence-electron chi connectivity index (χ2n) is 5.91. The van der Waals surface area contributed by atoms with Crippen LogP contribution in [0.25, 0.3) is 0 Å². The first-order valence-corrected chi connectivity index (χ1v) is 7.37. The molecule has 1 aliphatic rings. The van der Waals surface area contributed by atoms with Gasteiger partial charge in [-0.3, -0.25) is 4.79 Å². The van der Waals surface area contributed by atoms with Gasteiger partial charge in [-0.1, -0.05) is 13.8 Å². The molecular formula is C15H24N4O. The largest absolute Gasteiger partial charge is 0.341 e. The van der Waals surface area contributed by atoms with Crippen LogP contribution in [-0.4, -0.2) is 29.0 Å². The second kappa shape index (κ2) is 6.20. The van der Waals surface area contributed by atoms with Crippen molar-refractivity contribution in [3.63, 3.8) is 0 Å². The highest BCUT2D eigenvalue weighted by molar-refractivity contribution is 5.92. The van der Waals surface area contributed by atoms with E-state index in [0.29, 0.717) is 12.3 Å². The van der Waals surface area contributed by atoms with Gasteiger partial charge in [-0.15, -0.1) is 0 Å². The van der Waals surface area contributed by atoms with Crippen LogP contribution in [0.4, 0.5) is 11.6 Å². The minimum Gasteiger partial charge on any atom is -0.341 e. The maximum atomic E-state index is 11.9. The van der Waals surface area contributed by atoms with Gasteiger partial charge in [-0.2, -0.15) is 0 Å². The molecule has 5 nitrogen and oxygen atoms in total. The number of aromatic nitrogens is 2. The van der Waals surface area contributed by atoms with Gasteiger partial charge >= 0.3 is 0 Å². The van der Waals surface area contributed by atoms with Crippen LogP contribution in [0.15, 0.2) is 0 Å². The Morgan fingerprint density at radius 1 is 1.20 bits per heavy atom. The Kier molecular flexibility index (Phi) is 4.57. The molecule has 0 aromatic carbocycles. The van der Waals surface area contributed by atoms with Crippen molar-refractivity contribution in [3.05, 3.63) is 11.4 Å². The third-order valence-corrected chi connectivity index (χ3v) is 3.51. The van der Waals surface area contributed by atoms with Crippen molar-refractivity contribution in [1.29, 1.82) is 0 Å². The molecule has 1 aliphatic heterocycles. The zero-order valence-corrected chi connectivity index (χ0v) is 12.9. The van der Waals surface area contributed by atoms with Gasteiger partial charge in [0.15, 0.2) is 0 Å². The van der Waals surface area contributed by atoms with E-state index in [2.05, 4.69) is 20.2 Å². The topological polar surface area (TPSA) is 58.1 Å². The highest BCUT2D eigenvalue weighted by Gasteiger charge is 2.18. The Morgan fingerprint density at radius 2 is 1.75 bits per heavy atom. The summed E-state index contributed by atoms with van der Waals surface area (Å²) >= 11 is 0. The molecule has 1 fully saturated rings. The lowest BCUT2D eigenvalue weighted by Gasteiger charge is -2.18. The Bertz CT molecular complexity index is 470. The van der Waals surface area contributed by atoms with E-state index in [1.807, 2.05) is 27.7 Å². The summed E-state index contributed by atoms with van der Waals surface area (Å²) in [5.41, 5.74) is 2.45. The smallest absolute Gasteiger partial charge is 0.225 e. The molecule has 0 atom stereocenters. The molecule has 5 heteroatoms. The zero-order chi connectivity index (χ0) is 14.7. The lowest BCUT2D eigenvalue weighted by molar-refractivity contribution is -0.116. The molecule has 0 spiro atoms. The van der Waals surface area contributed by atoms with E-state index >= 15 is 0 Å². The number of carbonyl (C=O) groups is 1. The van der Waals surface area contributed by atoms with E-state index < -0.39 is 0 Å². The molecule has 0 unspecified atom stereocenters. The lowest BCUT2D eigenvalue weighted by Crippen LogP contribution is -2.22. The number of hydrogen-bond donors (Lipinski definition) is 1. The van der Waals surface area contributed by atoms with Crippen LogP contribution in [-0.2, 0) is 4.79 Å². The van der Waals surface area contributed by atoms with Crippen molar-refractivity contribution in [2.45, 2.75) is 47.0 Å². The van der Waals surface area contributed by atoms with E-state index in [1.165, 1.54) is 12.8 Å². The normalized spacial score (nSPS) is 14.9. The van der Waals surface area contributed by atoms with Gasteiger partial charge in [0.2, 0.25) is 11.9 Å².